The Balaban J connectivity index is 1.56. The number of rotatable bonds is 11. The fourth-order valence-corrected chi connectivity index (χ4v) is 10.5. The summed E-state index contributed by atoms with van der Waals surface area (Å²) in [6, 6.07) is 15.2. The first-order valence-corrected chi connectivity index (χ1v) is 16.2. The molecule has 3 aliphatic heterocycles. The summed E-state index contributed by atoms with van der Waals surface area (Å²) in [6.45, 7) is 10.1. The number of nitrogens with zero attached hydrogens (tertiary/aromatic N) is 3. The Bertz CT molecular complexity index is 1360. The lowest BCUT2D eigenvalue weighted by molar-refractivity contribution is -0.145. The fraction of sp³-hybridized carbons (Fsp3) is 0.406. The molecule has 1 N–H and O–H groups in total. The summed E-state index contributed by atoms with van der Waals surface area (Å²) in [7, 11) is 0. The Hall–Kier alpha value is -2.59. The van der Waals surface area contributed by atoms with Crippen LogP contribution in [0.25, 0.3) is 0 Å². The number of anilines is 1. The van der Waals surface area contributed by atoms with Crippen molar-refractivity contribution in [2.24, 2.45) is 11.8 Å². The van der Waals surface area contributed by atoms with E-state index in [1.165, 1.54) is 0 Å². The molecule has 0 saturated carbocycles. The Morgan fingerprint density at radius 3 is 2.43 bits per heavy atom. The third-order valence-corrected chi connectivity index (χ3v) is 12.1. The van der Waals surface area contributed by atoms with E-state index in [2.05, 4.69) is 29.1 Å². The van der Waals surface area contributed by atoms with Crippen LogP contribution in [0.4, 0.5) is 5.69 Å². The molecule has 7 nitrogen and oxygen atoms in total. The number of aliphatic hydroxyl groups excluding tert-OH is 1. The van der Waals surface area contributed by atoms with E-state index in [0.29, 0.717) is 30.2 Å². The molecule has 1 spiro atoms. The molecule has 3 unspecified atom stereocenters. The number of likely N-dealkylation sites (tertiary alicyclic amines) is 1. The monoisotopic (exact) mass is 671 g/mol. The van der Waals surface area contributed by atoms with Gasteiger partial charge in [0.25, 0.3) is 5.91 Å². The van der Waals surface area contributed by atoms with Crippen LogP contribution in [0.1, 0.15) is 18.9 Å². The van der Waals surface area contributed by atoms with Crippen molar-refractivity contribution < 1.29 is 19.5 Å². The largest absolute Gasteiger partial charge is 0.394 e. The molecule has 0 aliphatic carbocycles. The molecule has 0 aromatic heterocycles. The molecule has 2 bridgehead atoms. The van der Waals surface area contributed by atoms with Crippen molar-refractivity contribution >= 4 is 62.7 Å². The van der Waals surface area contributed by atoms with Gasteiger partial charge >= 0.3 is 0 Å². The van der Waals surface area contributed by atoms with Gasteiger partial charge in [-0.05, 0) is 43.2 Å². The van der Waals surface area contributed by atoms with Gasteiger partial charge in [0.15, 0.2) is 0 Å². The van der Waals surface area contributed by atoms with Crippen LogP contribution in [0.3, 0.4) is 0 Å². The number of hydrogen-bond acceptors (Lipinski definition) is 5. The summed E-state index contributed by atoms with van der Waals surface area (Å²) in [5.74, 6) is -1.96. The molecule has 3 heterocycles. The number of carbonyl (C=O) groups excluding carboxylic acids is 3. The van der Waals surface area contributed by atoms with Gasteiger partial charge in [0, 0.05) is 40.4 Å². The quantitative estimate of drug-likeness (QED) is 0.271. The molecule has 3 fully saturated rings. The first-order chi connectivity index (χ1) is 20.2. The van der Waals surface area contributed by atoms with Crippen molar-refractivity contribution in [3.05, 3.63) is 90.5 Å². The van der Waals surface area contributed by atoms with Crippen LogP contribution >= 0.6 is 39.3 Å². The summed E-state index contributed by atoms with van der Waals surface area (Å²) in [4.78, 5) is 48.2. The molecule has 0 radical (unpaired) electrons. The molecular formula is C32H35BrClN3O4S. The zero-order valence-electron chi connectivity index (χ0n) is 23.4. The van der Waals surface area contributed by atoms with Gasteiger partial charge in [-0.2, -0.15) is 0 Å². The second kappa shape index (κ2) is 12.6. The molecule has 7 atom stereocenters. The molecule has 3 amide bonds. The third-order valence-electron chi connectivity index (χ3n) is 8.58. The van der Waals surface area contributed by atoms with Crippen LogP contribution in [0.5, 0.6) is 0 Å². The van der Waals surface area contributed by atoms with Crippen LogP contribution in [-0.2, 0) is 20.9 Å². The highest BCUT2D eigenvalue weighted by Crippen LogP contribution is 2.68. The highest BCUT2D eigenvalue weighted by Gasteiger charge is 2.76. The van der Waals surface area contributed by atoms with Crippen molar-refractivity contribution in [1.82, 2.24) is 9.80 Å². The SMILES string of the molecule is C=CCN(Cc1ccccc1)C(=O)[C@H]1[C@@H]2SC3(CC2Br)C(C(=O)N(CC=C)c2ccc(Cl)cc2)N([C@H](C)CO)C(=O)[C@H]13. The van der Waals surface area contributed by atoms with Crippen LogP contribution in [0, 0.1) is 11.8 Å². The number of amides is 3. The van der Waals surface area contributed by atoms with Crippen molar-refractivity contribution in [1.29, 1.82) is 0 Å². The second-order valence-corrected chi connectivity index (χ2v) is 14.3. The molecular weight excluding hydrogens is 638 g/mol. The maximum atomic E-state index is 14.6. The third kappa shape index (κ3) is 5.23. The van der Waals surface area contributed by atoms with E-state index in [4.69, 9.17) is 11.6 Å². The molecule has 222 valence electrons. The smallest absolute Gasteiger partial charge is 0.251 e. The maximum Gasteiger partial charge on any atom is 0.251 e. The van der Waals surface area contributed by atoms with E-state index in [9.17, 15) is 19.5 Å². The first kappa shape index (κ1) is 30.9. The highest BCUT2D eigenvalue weighted by atomic mass is 79.9. The minimum absolute atomic E-state index is 0.0640. The predicted octanol–water partition coefficient (Wildman–Crippen LogP) is 4.92. The number of aliphatic hydroxyl groups is 1. The Labute approximate surface area is 264 Å². The number of carbonyl (C=O) groups is 3. The standard InChI is InChI=1S/C32H35BrClN3O4S/c1-4-15-35(18-21-9-7-6-8-10-21)29(39)25-26-30(40)37(20(3)19-38)28(32(26)17-24(33)27(25)42-32)31(41)36(16-5-2)23-13-11-22(34)12-14-23/h4-14,20,24-28,38H,1-2,15-19H2,3H3/t20-,24?,25-,26+,27-,28?,32?/m1/s1. The lowest BCUT2D eigenvalue weighted by atomic mass is 9.70. The van der Waals surface area contributed by atoms with Gasteiger partial charge in [-0.25, -0.2) is 0 Å². The molecule has 2 aromatic carbocycles. The van der Waals surface area contributed by atoms with Crippen molar-refractivity contribution in [3.8, 4) is 0 Å². The van der Waals surface area contributed by atoms with E-state index in [0.717, 1.165) is 5.56 Å². The van der Waals surface area contributed by atoms with Crippen LogP contribution in [0.15, 0.2) is 79.9 Å². The molecule has 2 aromatic rings. The second-order valence-electron chi connectivity index (χ2n) is 11.1. The average Bonchev–Trinajstić information content (AvgIpc) is 3.59. The molecule has 3 saturated heterocycles. The number of benzene rings is 2. The number of fused-ring (bicyclic) bond motifs is 1. The predicted molar refractivity (Wildman–Crippen MR) is 172 cm³/mol. The zero-order chi connectivity index (χ0) is 30.2. The molecule has 42 heavy (non-hydrogen) atoms. The topological polar surface area (TPSA) is 81.2 Å². The summed E-state index contributed by atoms with van der Waals surface area (Å²) in [5, 5.41) is 10.6. The van der Waals surface area contributed by atoms with Gasteiger partial charge < -0.3 is 19.8 Å². The zero-order valence-corrected chi connectivity index (χ0v) is 26.6. The highest BCUT2D eigenvalue weighted by molar-refractivity contribution is 9.09. The Morgan fingerprint density at radius 1 is 1.14 bits per heavy atom. The van der Waals surface area contributed by atoms with Crippen molar-refractivity contribution in [2.45, 2.75) is 46.8 Å². The van der Waals surface area contributed by atoms with Gasteiger partial charge in [-0.3, -0.25) is 14.4 Å². The Morgan fingerprint density at radius 2 is 1.81 bits per heavy atom. The fourth-order valence-electron chi connectivity index (χ4n) is 6.81. The number of thioether (sulfide) groups is 1. The van der Waals surface area contributed by atoms with Crippen LogP contribution in [-0.4, -0.2) is 79.2 Å². The minimum atomic E-state index is -0.873. The van der Waals surface area contributed by atoms with Crippen molar-refractivity contribution in [2.75, 3.05) is 24.6 Å². The van der Waals surface area contributed by atoms with E-state index >= 15 is 0 Å². The van der Waals surface area contributed by atoms with E-state index in [1.54, 1.807) is 69.8 Å². The molecule has 5 rings (SSSR count). The van der Waals surface area contributed by atoms with Gasteiger partial charge in [-0.15, -0.1) is 24.9 Å². The summed E-state index contributed by atoms with van der Waals surface area (Å²) in [5.41, 5.74) is 1.62. The summed E-state index contributed by atoms with van der Waals surface area (Å²) < 4.78 is -0.838. The van der Waals surface area contributed by atoms with Gasteiger partial charge in [0.1, 0.15) is 6.04 Å². The summed E-state index contributed by atoms with van der Waals surface area (Å²) in [6.07, 6.45) is 3.90. The lowest BCUT2D eigenvalue weighted by Gasteiger charge is -2.39. The van der Waals surface area contributed by atoms with E-state index < -0.39 is 28.7 Å². The molecule has 3 aliphatic rings. The van der Waals surface area contributed by atoms with Gasteiger partial charge in [-0.1, -0.05) is 70.0 Å². The van der Waals surface area contributed by atoms with Crippen LogP contribution < -0.4 is 4.90 Å². The number of halogens is 2. The summed E-state index contributed by atoms with van der Waals surface area (Å²) >= 11 is 11.5. The van der Waals surface area contributed by atoms with E-state index in [1.807, 2.05) is 30.3 Å². The average molecular weight is 673 g/mol. The van der Waals surface area contributed by atoms with Gasteiger partial charge in [0.05, 0.1) is 29.2 Å². The first-order valence-electron chi connectivity index (χ1n) is 14.0. The lowest BCUT2D eigenvalue weighted by Crippen LogP contribution is -2.57. The number of hydrogen-bond donors (Lipinski definition) is 1. The van der Waals surface area contributed by atoms with Crippen LogP contribution in [0.2, 0.25) is 5.02 Å². The number of alkyl halides is 1. The Kier molecular flexibility index (Phi) is 9.23. The normalized spacial score (nSPS) is 28.3. The van der Waals surface area contributed by atoms with Gasteiger partial charge in [0.2, 0.25) is 11.8 Å². The molecule has 10 heteroatoms. The minimum Gasteiger partial charge on any atom is -0.394 e. The van der Waals surface area contributed by atoms with E-state index in [-0.39, 0.29) is 41.0 Å². The maximum absolute atomic E-state index is 14.6. The van der Waals surface area contributed by atoms with Crippen molar-refractivity contribution in [3.63, 3.8) is 0 Å².